The van der Waals surface area contributed by atoms with Crippen molar-refractivity contribution in [1.82, 2.24) is 30.1 Å². The number of hydrazine groups is 1. The molecule has 1 N–H and O–H groups in total. The molecule has 1 aliphatic heterocycles. The van der Waals surface area contributed by atoms with E-state index in [1.165, 1.54) is 0 Å². The van der Waals surface area contributed by atoms with Gasteiger partial charge < -0.3 is 10.1 Å². The van der Waals surface area contributed by atoms with Gasteiger partial charge in [0.05, 0.1) is 18.7 Å². The van der Waals surface area contributed by atoms with E-state index in [9.17, 15) is 9.59 Å². The molecule has 10 heteroatoms. The summed E-state index contributed by atoms with van der Waals surface area (Å²) in [6.07, 6.45) is 6.24. The van der Waals surface area contributed by atoms with E-state index < -0.39 is 0 Å². The number of hydrogen-bond donors (Lipinski definition) is 1. The lowest BCUT2D eigenvalue weighted by atomic mass is 10.2. The molecular formula is C19H24N6O3S. The third-order valence-corrected chi connectivity index (χ3v) is 4.73. The molecule has 3 rings (SSSR count). The Hall–Kier alpha value is -3.01. The second kappa shape index (κ2) is 9.97. The molecule has 0 aliphatic carbocycles. The molecule has 0 atom stereocenters. The molecule has 0 saturated carbocycles. The number of amides is 1. The number of esters is 1. The second-order valence-electron chi connectivity index (χ2n) is 6.41. The van der Waals surface area contributed by atoms with Crippen molar-refractivity contribution >= 4 is 29.2 Å². The number of ether oxygens (including phenoxy) is 1. The molecule has 154 valence electrons. The van der Waals surface area contributed by atoms with Crippen LogP contribution >= 0.6 is 12.2 Å². The first-order chi connectivity index (χ1) is 14.1. The lowest BCUT2D eigenvalue weighted by molar-refractivity contribution is -0.143. The molecule has 29 heavy (non-hydrogen) atoms. The zero-order valence-corrected chi connectivity index (χ0v) is 17.1. The van der Waals surface area contributed by atoms with Gasteiger partial charge in [-0.05, 0) is 43.8 Å². The van der Waals surface area contributed by atoms with Crippen molar-refractivity contribution in [2.45, 2.75) is 26.3 Å². The van der Waals surface area contributed by atoms with Gasteiger partial charge in [0.25, 0.3) is 5.91 Å². The summed E-state index contributed by atoms with van der Waals surface area (Å²) in [5.41, 5.74) is 1.73. The van der Waals surface area contributed by atoms with Crippen molar-refractivity contribution in [2.75, 3.05) is 26.2 Å². The Morgan fingerprint density at radius 1 is 1.21 bits per heavy atom. The van der Waals surface area contributed by atoms with E-state index in [0.717, 1.165) is 17.7 Å². The Balaban J connectivity index is 1.54. The van der Waals surface area contributed by atoms with Crippen molar-refractivity contribution in [1.29, 1.82) is 0 Å². The van der Waals surface area contributed by atoms with Crippen LogP contribution in [0.4, 0.5) is 0 Å². The van der Waals surface area contributed by atoms with Crippen LogP contribution in [0, 0.1) is 0 Å². The predicted octanol–water partition coefficient (Wildman–Crippen LogP) is 1.22. The zero-order valence-electron chi connectivity index (χ0n) is 16.3. The van der Waals surface area contributed by atoms with Crippen LogP contribution in [0.2, 0.25) is 0 Å². The highest BCUT2D eigenvalue weighted by molar-refractivity contribution is 7.80. The molecule has 0 unspecified atom stereocenters. The van der Waals surface area contributed by atoms with Gasteiger partial charge in [-0.15, -0.1) is 0 Å². The Bertz CT molecular complexity index is 857. The minimum atomic E-state index is -0.277. The minimum absolute atomic E-state index is 0.0959. The fourth-order valence-electron chi connectivity index (χ4n) is 3.02. The number of rotatable bonds is 7. The van der Waals surface area contributed by atoms with Gasteiger partial charge in [-0.25, -0.2) is 0 Å². The lowest BCUT2D eigenvalue weighted by Crippen LogP contribution is -2.50. The maximum absolute atomic E-state index is 12.8. The normalized spacial score (nSPS) is 13.4. The maximum Gasteiger partial charge on any atom is 0.307 e. The second-order valence-corrected chi connectivity index (χ2v) is 6.80. The van der Waals surface area contributed by atoms with Gasteiger partial charge in [-0.2, -0.15) is 5.10 Å². The first kappa shape index (κ1) is 20.7. The Labute approximate surface area is 174 Å². The quantitative estimate of drug-likeness (QED) is 0.532. The largest absolute Gasteiger partial charge is 0.466 e. The molecule has 0 bridgehead atoms. The van der Waals surface area contributed by atoms with Crippen LogP contribution in [0.5, 0.6) is 0 Å². The molecular weight excluding hydrogens is 392 g/mol. The average molecular weight is 417 g/mol. The van der Waals surface area contributed by atoms with Gasteiger partial charge in [0.2, 0.25) is 0 Å². The van der Waals surface area contributed by atoms with E-state index in [1.54, 1.807) is 40.2 Å². The SMILES string of the molecule is CCOC(=O)CCNC(=S)N1CCCN1C(=O)Cn1ccc(-c2ccncc2)n1. The lowest BCUT2D eigenvalue weighted by Gasteiger charge is -2.30. The molecule has 3 heterocycles. The van der Waals surface area contributed by atoms with E-state index in [-0.39, 0.29) is 24.8 Å². The summed E-state index contributed by atoms with van der Waals surface area (Å²) in [5, 5.41) is 11.3. The van der Waals surface area contributed by atoms with Crippen molar-refractivity contribution in [3.63, 3.8) is 0 Å². The molecule has 9 nitrogen and oxygen atoms in total. The number of pyridine rings is 1. The van der Waals surface area contributed by atoms with Gasteiger partial charge in [0, 0.05) is 43.8 Å². The van der Waals surface area contributed by atoms with Gasteiger partial charge in [-0.1, -0.05) is 0 Å². The molecule has 1 aliphatic rings. The summed E-state index contributed by atoms with van der Waals surface area (Å²) in [4.78, 5) is 28.2. The van der Waals surface area contributed by atoms with Crippen LogP contribution in [-0.4, -0.2) is 68.0 Å². The van der Waals surface area contributed by atoms with E-state index in [4.69, 9.17) is 17.0 Å². The maximum atomic E-state index is 12.8. The van der Waals surface area contributed by atoms with Gasteiger partial charge >= 0.3 is 5.97 Å². The first-order valence-corrected chi connectivity index (χ1v) is 9.94. The van der Waals surface area contributed by atoms with Gasteiger partial charge in [0.1, 0.15) is 6.54 Å². The number of nitrogens with one attached hydrogen (secondary N) is 1. The third-order valence-electron chi connectivity index (χ3n) is 4.38. The van der Waals surface area contributed by atoms with Crippen molar-refractivity contribution < 1.29 is 14.3 Å². The predicted molar refractivity (Wildman–Crippen MR) is 110 cm³/mol. The van der Waals surface area contributed by atoms with Crippen LogP contribution in [0.1, 0.15) is 19.8 Å². The summed E-state index contributed by atoms with van der Waals surface area (Å²) in [6.45, 7) is 3.85. The molecule has 1 fully saturated rings. The number of carbonyl (C=O) groups is 2. The van der Waals surface area contributed by atoms with Crippen LogP contribution < -0.4 is 5.32 Å². The van der Waals surface area contributed by atoms with Crippen LogP contribution in [-0.2, 0) is 20.9 Å². The standard InChI is InChI=1S/C19H24N6O3S/c1-2-28-18(27)6-10-21-19(29)25-12-3-11-24(25)17(26)14-23-13-7-16(22-23)15-4-8-20-9-5-15/h4-5,7-9,13H,2-3,6,10-12,14H2,1H3,(H,21,29). The highest BCUT2D eigenvalue weighted by Crippen LogP contribution is 2.16. The van der Waals surface area contributed by atoms with E-state index >= 15 is 0 Å². The van der Waals surface area contributed by atoms with Gasteiger partial charge in [0.15, 0.2) is 5.11 Å². The van der Waals surface area contributed by atoms with Crippen LogP contribution in [0.15, 0.2) is 36.8 Å². The van der Waals surface area contributed by atoms with Crippen LogP contribution in [0.25, 0.3) is 11.3 Å². The molecule has 2 aromatic heterocycles. The molecule has 0 spiro atoms. The number of carbonyl (C=O) groups excluding carboxylic acids is 2. The number of thiocarbonyl (C=S) groups is 1. The van der Waals surface area contributed by atoms with Crippen LogP contribution in [0.3, 0.4) is 0 Å². The number of aromatic nitrogens is 3. The summed E-state index contributed by atoms with van der Waals surface area (Å²) in [5.74, 6) is -0.373. The summed E-state index contributed by atoms with van der Waals surface area (Å²) in [6, 6.07) is 5.61. The highest BCUT2D eigenvalue weighted by Gasteiger charge is 2.28. The van der Waals surface area contributed by atoms with E-state index in [1.807, 2.05) is 18.2 Å². The molecule has 0 radical (unpaired) electrons. The van der Waals surface area contributed by atoms with Crippen molar-refractivity contribution in [2.24, 2.45) is 0 Å². The highest BCUT2D eigenvalue weighted by atomic mass is 32.1. The monoisotopic (exact) mass is 416 g/mol. The van der Waals surface area contributed by atoms with Crippen molar-refractivity contribution in [3.05, 3.63) is 36.8 Å². The molecule has 1 amide bonds. The number of nitrogens with zero attached hydrogens (tertiary/aromatic N) is 5. The topological polar surface area (TPSA) is 92.6 Å². The number of hydrogen-bond acceptors (Lipinski definition) is 6. The summed E-state index contributed by atoms with van der Waals surface area (Å²) >= 11 is 5.40. The summed E-state index contributed by atoms with van der Waals surface area (Å²) in [7, 11) is 0. The molecule has 2 aromatic rings. The minimum Gasteiger partial charge on any atom is -0.466 e. The zero-order chi connectivity index (χ0) is 20.6. The van der Waals surface area contributed by atoms with Gasteiger partial charge in [-0.3, -0.25) is 29.3 Å². The third kappa shape index (κ3) is 5.50. The first-order valence-electron chi connectivity index (χ1n) is 9.53. The Kier molecular flexibility index (Phi) is 7.12. The fraction of sp³-hybridized carbons (Fsp3) is 0.421. The smallest absolute Gasteiger partial charge is 0.307 e. The summed E-state index contributed by atoms with van der Waals surface area (Å²) < 4.78 is 6.51. The van der Waals surface area contributed by atoms with E-state index in [0.29, 0.717) is 31.4 Å². The van der Waals surface area contributed by atoms with E-state index in [2.05, 4.69) is 15.4 Å². The average Bonchev–Trinajstić information content (AvgIpc) is 3.38. The van der Waals surface area contributed by atoms with Crippen molar-refractivity contribution in [3.8, 4) is 11.3 Å². The Morgan fingerprint density at radius 3 is 2.72 bits per heavy atom. The molecule has 1 saturated heterocycles. The fourth-order valence-corrected chi connectivity index (χ4v) is 3.32. The molecule has 0 aromatic carbocycles. The Morgan fingerprint density at radius 2 is 1.97 bits per heavy atom.